The van der Waals surface area contributed by atoms with Gasteiger partial charge in [0.25, 0.3) is 11.6 Å². The van der Waals surface area contributed by atoms with E-state index in [-0.39, 0.29) is 39.1 Å². The second-order valence-electron chi connectivity index (χ2n) is 5.51. The van der Waals surface area contributed by atoms with E-state index >= 15 is 0 Å². The van der Waals surface area contributed by atoms with Gasteiger partial charge in [-0.3, -0.25) is 19.7 Å². The van der Waals surface area contributed by atoms with Gasteiger partial charge in [0.2, 0.25) is 5.91 Å². The number of hydrogen-bond donors (Lipinski definition) is 1. The van der Waals surface area contributed by atoms with Crippen LogP contribution in [0.3, 0.4) is 0 Å². The molecule has 0 fully saturated rings. The lowest BCUT2D eigenvalue weighted by atomic mass is 10.1. The van der Waals surface area contributed by atoms with Gasteiger partial charge >= 0.3 is 0 Å². The Morgan fingerprint density at radius 1 is 1.15 bits per heavy atom. The Kier molecular flexibility index (Phi) is 6.18. The van der Waals surface area contributed by atoms with E-state index in [1.807, 2.05) is 0 Å². The first-order chi connectivity index (χ1) is 12.2. The van der Waals surface area contributed by atoms with Crippen molar-refractivity contribution in [3.63, 3.8) is 0 Å². The van der Waals surface area contributed by atoms with Crippen molar-refractivity contribution in [2.75, 3.05) is 18.9 Å². The maximum atomic E-state index is 12.5. The number of anilines is 1. The van der Waals surface area contributed by atoms with E-state index in [4.69, 9.17) is 23.2 Å². The molecule has 0 saturated heterocycles. The summed E-state index contributed by atoms with van der Waals surface area (Å²) in [5.74, 6) is -1.01. The zero-order chi connectivity index (χ0) is 19.4. The molecule has 7 nitrogen and oxygen atoms in total. The first-order valence-corrected chi connectivity index (χ1v) is 8.21. The number of nitro benzene ring substituents is 1. The minimum Gasteiger partial charge on any atom is -0.332 e. The molecule has 0 saturated carbocycles. The number of para-hydroxylation sites is 1. The lowest BCUT2D eigenvalue weighted by Crippen LogP contribution is -2.35. The highest BCUT2D eigenvalue weighted by Crippen LogP contribution is 2.29. The third-order valence-corrected chi connectivity index (χ3v) is 4.32. The molecule has 2 aromatic carbocycles. The van der Waals surface area contributed by atoms with E-state index in [0.717, 1.165) is 4.90 Å². The van der Waals surface area contributed by atoms with Gasteiger partial charge in [0.15, 0.2) is 0 Å². The van der Waals surface area contributed by atoms with E-state index in [2.05, 4.69) is 5.32 Å². The standard InChI is InChI=1S/C17H15Cl2N3O4/c1-10-11(5-3-8-14(10)22(25)26)17(24)21(2)9-15(23)20-16-12(18)6-4-7-13(16)19/h3-8H,9H2,1-2H3,(H,20,23). The molecular weight excluding hydrogens is 381 g/mol. The van der Waals surface area contributed by atoms with Crippen molar-refractivity contribution in [1.82, 2.24) is 4.90 Å². The Labute approximate surface area is 159 Å². The summed E-state index contributed by atoms with van der Waals surface area (Å²) in [5.41, 5.74) is 0.499. The number of nitrogens with one attached hydrogen (secondary N) is 1. The van der Waals surface area contributed by atoms with Crippen LogP contribution in [0.2, 0.25) is 10.0 Å². The van der Waals surface area contributed by atoms with Crippen LogP contribution in [0, 0.1) is 17.0 Å². The van der Waals surface area contributed by atoms with E-state index in [9.17, 15) is 19.7 Å². The molecule has 0 unspecified atom stereocenters. The molecule has 136 valence electrons. The van der Waals surface area contributed by atoms with Crippen LogP contribution >= 0.6 is 23.2 Å². The molecule has 2 rings (SSSR count). The Morgan fingerprint density at radius 2 is 1.73 bits per heavy atom. The molecule has 0 bridgehead atoms. The Morgan fingerprint density at radius 3 is 2.31 bits per heavy atom. The number of benzene rings is 2. The summed E-state index contributed by atoms with van der Waals surface area (Å²) in [7, 11) is 1.42. The van der Waals surface area contributed by atoms with Crippen LogP contribution in [0.1, 0.15) is 15.9 Å². The molecule has 0 atom stereocenters. The summed E-state index contributed by atoms with van der Waals surface area (Å²) in [4.78, 5) is 36.3. The number of halogens is 2. The number of rotatable bonds is 5. The van der Waals surface area contributed by atoms with Crippen molar-refractivity contribution < 1.29 is 14.5 Å². The average Bonchev–Trinajstić information content (AvgIpc) is 2.57. The third-order valence-electron chi connectivity index (χ3n) is 3.69. The Balaban J connectivity index is 2.13. The molecule has 2 aromatic rings. The Bertz CT molecular complexity index is 866. The van der Waals surface area contributed by atoms with Gasteiger partial charge < -0.3 is 10.2 Å². The monoisotopic (exact) mass is 395 g/mol. The molecule has 0 heterocycles. The summed E-state index contributed by atoms with van der Waals surface area (Å²) in [6.45, 7) is 1.21. The molecule has 2 amide bonds. The van der Waals surface area contributed by atoms with Crippen molar-refractivity contribution in [1.29, 1.82) is 0 Å². The summed E-state index contributed by atoms with van der Waals surface area (Å²) < 4.78 is 0. The lowest BCUT2D eigenvalue weighted by molar-refractivity contribution is -0.385. The SMILES string of the molecule is Cc1c(C(=O)N(C)CC(=O)Nc2c(Cl)cccc2Cl)cccc1[N+](=O)[O-]. The van der Waals surface area contributed by atoms with Crippen LogP contribution in [0.25, 0.3) is 0 Å². The van der Waals surface area contributed by atoms with E-state index in [1.165, 1.54) is 32.2 Å². The van der Waals surface area contributed by atoms with Gasteiger partial charge in [0, 0.05) is 24.2 Å². The predicted molar refractivity (Wildman–Crippen MR) is 99.9 cm³/mol. The van der Waals surface area contributed by atoms with Crippen LogP contribution in [0.5, 0.6) is 0 Å². The fraction of sp³-hybridized carbons (Fsp3) is 0.176. The molecule has 9 heteroatoms. The van der Waals surface area contributed by atoms with Crippen LogP contribution in [-0.2, 0) is 4.79 Å². The molecule has 0 aromatic heterocycles. The zero-order valence-corrected chi connectivity index (χ0v) is 15.5. The van der Waals surface area contributed by atoms with Crippen LogP contribution in [0.15, 0.2) is 36.4 Å². The molecule has 26 heavy (non-hydrogen) atoms. The highest BCUT2D eigenvalue weighted by Gasteiger charge is 2.22. The van der Waals surface area contributed by atoms with Gasteiger partial charge in [-0.1, -0.05) is 35.3 Å². The maximum Gasteiger partial charge on any atom is 0.273 e. The fourth-order valence-corrected chi connectivity index (χ4v) is 2.83. The van der Waals surface area contributed by atoms with Gasteiger partial charge in [0.1, 0.15) is 0 Å². The lowest BCUT2D eigenvalue weighted by Gasteiger charge is -2.18. The minimum absolute atomic E-state index is 0.156. The summed E-state index contributed by atoms with van der Waals surface area (Å²) in [6.07, 6.45) is 0. The van der Waals surface area contributed by atoms with Crippen LogP contribution < -0.4 is 5.32 Å². The van der Waals surface area contributed by atoms with Crippen molar-refractivity contribution in [2.45, 2.75) is 6.92 Å². The van der Waals surface area contributed by atoms with Crippen molar-refractivity contribution in [2.24, 2.45) is 0 Å². The van der Waals surface area contributed by atoms with Crippen molar-refractivity contribution >= 4 is 46.4 Å². The highest BCUT2D eigenvalue weighted by atomic mass is 35.5. The fourth-order valence-electron chi connectivity index (χ4n) is 2.34. The van der Waals surface area contributed by atoms with E-state index < -0.39 is 16.7 Å². The van der Waals surface area contributed by atoms with Crippen LogP contribution in [-0.4, -0.2) is 35.2 Å². The van der Waals surface area contributed by atoms with Crippen LogP contribution in [0.4, 0.5) is 11.4 Å². The second kappa shape index (κ2) is 8.16. The first-order valence-electron chi connectivity index (χ1n) is 7.45. The average molecular weight is 396 g/mol. The molecule has 0 spiro atoms. The third kappa shape index (κ3) is 4.30. The first kappa shape index (κ1) is 19.7. The zero-order valence-electron chi connectivity index (χ0n) is 14.0. The van der Waals surface area contributed by atoms with Gasteiger partial charge in [-0.15, -0.1) is 0 Å². The maximum absolute atomic E-state index is 12.5. The van der Waals surface area contributed by atoms with E-state index in [1.54, 1.807) is 18.2 Å². The topological polar surface area (TPSA) is 92.6 Å². The van der Waals surface area contributed by atoms with Gasteiger partial charge in [-0.05, 0) is 25.1 Å². The quantitative estimate of drug-likeness (QED) is 0.613. The van der Waals surface area contributed by atoms with E-state index in [0.29, 0.717) is 0 Å². The normalized spacial score (nSPS) is 10.3. The minimum atomic E-state index is -0.557. The molecule has 0 aliphatic rings. The number of hydrogen-bond acceptors (Lipinski definition) is 4. The number of carbonyl (C=O) groups excluding carboxylic acids is 2. The second-order valence-corrected chi connectivity index (χ2v) is 6.33. The molecule has 0 aliphatic heterocycles. The predicted octanol–water partition coefficient (Wildman–Crippen LogP) is 3.92. The summed E-state index contributed by atoms with van der Waals surface area (Å²) in [5, 5.41) is 14.1. The highest BCUT2D eigenvalue weighted by molar-refractivity contribution is 6.39. The van der Waals surface area contributed by atoms with Crippen molar-refractivity contribution in [3.8, 4) is 0 Å². The van der Waals surface area contributed by atoms with Gasteiger partial charge in [-0.2, -0.15) is 0 Å². The van der Waals surface area contributed by atoms with Crippen molar-refractivity contribution in [3.05, 3.63) is 67.7 Å². The number of nitrogens with zero attached hydrogens (tertiary/aromatic N) is 2. The molecular formula is C17H15Cl2N3O4. The molecule has 0 aliphatic carbocycles. The molecule has 0 radical (unpaired) electrons. The summed E-state index contributed by atoms with van der Waals surface area (Å²) in [6, 6.07) is 9.01. The van der Waals surface area contributed by atoms with Gasteiger partial charge in [-0.25, -0.2) is 0 Å². The van der Waals surface area contributed by atoms with Gasteiger partial charge in [0.05, 0.1) is 27.2 Å². The Hall–Kier alpha value is -2.64. The molecule has 1 N–H and O–H groups in total. The number of likely N-dealkylation sites (N-methyl/N-ethyl adjacent to an activating group) is 1. The largest absolute Gasteiger partial charge is 0.332 e. The smallest absolute Gasteiger partial charge is 0.273 e. The number of amides is 2. The summed E-state index contributed by atoms with van der Waals surface area (Å²) >= 11 is 12.0. The number of carbonyl (C=O) groups is 2. The number of nitro groups is 1.